The second-order valence-electron chi connectivity index (χ2n) is 6.60. The molecule has 2 aliphatic heterocycles. The predicted molar refractivity (Wildman–Crippen MR) is 101 cm³/mol. The average Bonchev–Trinajstić information content (AvgIpc) is 2.67. The van der Waals surface area contributed by atoms with Crippen molar-refractivity contribution in [1.29, 1.82) is 0 Å². The van der Waals surface area contributed by atoms with Crippen LogP contribution in [0.4, 0.5) is 0 Å². The molecule has 1 saturated heterocycles. The zero-order valence-corrected chi connectivity index (χ0v) is 15.5. The zero-order valence-electron chi connectivity index (χ0n) is 14.7. The van der Waals surface area contributed by atoms with Crippen LogP contribution in [0.1, 0.15) is 11.7 Å². The fraction of sp³-hybridized carbons (Fsp3) is 0.316. The van der Waals surface area contributed by atoms with E-state index in [0.717, 1.165) is 16.1 Å². The number of para-hydroxylation sites is 1. The third kappa shape index (κ3) is 3.38. The fourth-order valence-electron chi connectivity index (χ4n) is 3.45. The van der Waals surface area contributed by atoms with Gasteiger partial charge in [0.1, 0.15) is 0 Å². The van der Waals surface area contributed by atoms with Crippen molar-refractivity contribution in [3.05, 3.63) is 70.7 Å². The van der Waals surface area contributed by atoms with Crippen LogP contribution < -0.4 is 10.6 Å². The van der Waals surface area contributed by atoms with Crippen molar-refractivity contribution in [1.82, 2.24) is 14.3 Å². The maximum Gasteiger partial charge on any atom is 0.211 e. The highest BCUT2D eigenvalue weighted by molar-refractivity contribution is 7.88. The summed E-state index contributed by atoms with van der Waals surface area (Å²) in [7, 11) is -3.14. The van der Waals surface area contributed by atoms with E-state index in [1.54, 1.807) is 0 Å². The summed E-state index contributed by atoms with van der Waals surface area (Å²) in [6.45, 7) is 2.27. The van der Waals surface area contributed by atoms with E-state index in [0.29, 0.717) is 26.2 Å². The molecular weight excluding hydrogens is 348 g/mol. The Kier molecular flexibility index (Phi) is 4.52. The number of hydrogen-bond donors (Lipinski definition) is 0. The molecule has 2 aromatic carbocycles. The molecule has 1 atom stereocenters. The molecule has 0 N–H and O–H groups in total. The van der Waals surface area contributed by atoms with E-state index in [1.165, 1.54) is 10.6 Å². The Morgan fingerprint density at radius 1 is 0.923 bits per heavy atom. The zero-order chi connectivity index (χ0) is 18.1. The van der Waals surface area contributed by atoms with Crippen molar-refractivity contribution in [2.45, 2.75) is 6.17 Å². The molecule has 0 spiro atoms. The first-order valence-electron chi connectivity index (χ1n) is 8.70. The standard InChI is InChI=1S/C19H22N4O2S/c1-26(24,25)22-13-11-21(12-14-22)23-15-17-9-5-6-10-18(17)20-19(23)16-7-3-2-4-8-16/h2-10,15,19H,11-14H2,1H3. The minimum Gasteiger partial charge on any atom is -0.284 e. The first-order chi connectivity index (χ1) is 12.5. The lowest BCUT2D eigenvalue weighted by Crippen LogP contribution is -2.55. The Hall–Kier alpha value is -2.22. The second-order valence-corrected chi connectivity index (χ2v) is 8.58. The molecular formula is C19H22N4O2S. The Balaban J connectivity index is 1.68. The lowest BCUT2D eigenvalue weighted by molar-refractivity contribution is -0.0225. The highest BCUT2D eigenvalue weighted by Crippen LogP contribution is 2.26. The van der Waals surface area contributed by atoms with Gasteiger partial charge >= 0.3 is 0 Å². The molecule has 7 heteroatoms. The molecule has 2 aliphatic rings. The molecule has 1 unspecified atom stereocenters. The molecule has 0 amide bonds. The summed E-state index contributed by atoms with van der Waals surface area (Å²) >= 11 is 0. The summed E-state index contributed by atoms with van der Waals surface area (Å²) < 4.78 is 25.1. The first-order valence-corrected chi connectivity index (χ1v) is 10.6. The molecule has 2 aromatic rings. The number of nitrogens with zero attached hydrogens (tertiary/aromatic N) is 4. The van der Waals surface area contributed by atoms with Gasteiger partial charge in [0.2, 0.25) is 10.0 Å². The van der Waals surface area contributed by atoms with Crippen LogP contribution in [-0.2, 0) is 10.0 Å². The number of sulfonamides is 1. The first kappa shape index (κ1) is 17.2. The number of fused-ring (bicyclic) bond motifs is 1. The van der Waals surface area contributed by atoms with Crippen molar-refractivity contribution in [3.8, 4) is 0 Å². The van der Waals surface area contributed by atoms with Crippen LogP contribution in [0.2, 0.25) is 0 Å². The van der Waals surface area contributed by atoms with Gasteiger partial charge in [-0.15, -0.1) is 0 Å². The highest BCUT2D eigenvalue weighted by Gasteiger charge is 2.30. The van der Waals surface area contributed by atoms with Crippen LogP contribution >= 0.6 is 0 Å². The van der Waals surface area contributed by atoms with Crippen LogP contribution in [0.25, 0.3) is 6.20 Å². The lowest BCUT2D eigenvalue weighted by Gasteiger charge is -2.43. The van der Waals surface area contributed by atoms with E-state index in [1.807, 2.05) is 36.4 Å². The molecule has 0 saturated carbocycles. The summed E-state index contributed by atoms with van der Waals surface area (Å²) in [5.74, 6) is 0. The van der Waals surface area contributed by atoms with Gasteiger partial charge in [-0.3, -0.25) is 10.0 Å². The van der Waals surface area contributed by atoms with Gasteiger partial charge in [-0.25, -0.2) is 13.4 Å². The summed E-state index contributed by atoms with van der Waals surface area (Å²) in [6, 6.07) is 18.3. The van der Waals surface area contributed by atoms with E-state index in [-0.39, 0.29) is 6.17 Å². The van der Waals surface area contributed by atoms with E-state index < -0.39 is 10.0 Å². The maximum absolute atomic E-state index is 11.8. The summed E-state index contributed by atoms with van der Waals surface area (Å²) in [6.07, 6.45) is 3.25. The van der Waals surface area contributed by atoms with Crippen molar-refractivity contribution >= 4 is 16.2 Å². The van der Waals surface area contributed by atoms with Crippen molar-refractivity contribution in [3.63, 3.8) is 0 Å². The second kappa shape index (κ2) is 6.83. The lowest BCUT2D eigenvalue weighted by atomic mass is 10.1. The van der Waals surface area contributed by atoms with Gasteiger partial charge in [0, 0.05) is 37.6 Å². The third-order valence-electron chi connectivity index (χ3n) is 4.83. The van der Waals surface area contributed by atoms with Gasteiger partial charge in [0.15, 0.2) is 6.17 Å². The topological polar surface area (TPSA) is 56.2 Å². The number of benzene rings is 2. The Morgan fingerprint density at radius 2 is 1.58 bits per heavy atom. The minimum absolute atomic E-state index is 0.143. The molecule has 0 radical (unpaired) electrons. The van der Waals surface area contributed by atoms with E-state index in [2.05, 4.69) is 34.4 Å². The van der Waals surface area contributed by atoms with Crippen LogP contribution in [0.3, 0.4) is 0 Å². The smallest absolute Gasteiger partial charge is 0.211 e. The van der Waals surface area contributed by atoms with Crippen molar-refractivity contribution in [2.24, 2.45) is 4.99 Å². The third-order valence-corrected chi connectivity index (χ3v) is 6.13. The molecule has 0 aromatic heterocycles. The van der Waals surface area contributed by atoms with Gasteiger partial charge in [0.05, 0.1) is 11.6 Å². The van der Waals surface area contributed by atoms with Gasteiger partial charge in [-0.2, -0.15) is 4.31 Å². The number of piperazine rings is 1. The Bertz CT molecular complexity index is 999. The van der Waals surface area contributed by atoms with Gasteiger partial charge in [0.25, 0.3) is 0 Å². The molecule has 0 bridgehead atoms. The molecule has 6 nitrogen and oxygen atoms in total. The van der Waals surface area contributed by atoms with Crippen LogP contribution in [0.15, 0.2) is 59.6 Å². The van der Waals surface area contributed by atoms with Crippen LogP contribution in [0.5, 0.6) is 0 Å². The Morgan fingerprint density at radius 3 is 2.27 bits per heavy atom. The molecule has 1 fully saturated rings. The van der Waals surface area contributed by atoms with Crippen LogP contribution in [-0.4, -0.2) is 55.2 Å². The molecule has 0 aliphatic carbocycles. The van der Waals surface area contributed by atoms with Gasteiger partial charge in [-0.05, 0) is 11.6 Å². The van der Waals surface area contributed by atoms with Gasteiger partial charge in [-0.1, -0.05) is 48.5 Å². The number of hydrogen-bond acceptors (Lipinski definition) is 5. The average molecular weight is 370 g/mol. The number of hydrazine groups is 1. The summed E-state index contributed by atoms with van der Waals surface area (Å²) in [5.41, 5.74) is 1.11. The van der Waals surface area contributed by atoms with E-state index >= 15 is 0 Å². The molecule has 4 rings (SSSR count). The van der Waals surface area contributed by atoms with E-state index in [4.69, 9.17) is 4.99 Å². The van der Waals surface area contributed by atoms with E-state index in [9.17, 15) is 8.42 Å². The summed E-state index contributed by atoms with van der Waals surface area (Å²) in [4.78, 5) is 4.96. The Labute approximate surface area is 153 Å². The van der Waals surface area contributed by atoms with Crippen LogP contribution in [0, 0.1) is 0 Å². The SMILES string of the molecule is CS(=O)(=O)N1CCN(N2C=c3ccccc3=NC2c2ccccc2)CC1. The van der Waals surface area contributed by atoms with Crippen molar-refractivity contribution < 1.29 is 8.42 Å². The molecule has 26 heavy (non-hydrogen) atoms. The molecule has 136 valence electrons. The normalized spacial score (nSPS) is 21.6. The predicted octanol–water partition coefficient (Wildman–Crippen LogP) is 0.551. The van der Waals surface area contributed by atoms with Gasteiger partial charge < -0.3 is 0 Å². The monoisotopic (exact) mass is 370 g/mol. The minimum atomic E-state index is -3.14. The molecule has 2 heterocycles. The summed E-state index contributed by atoms with van der Waals surface area (Å²) in [5, 5.41) is 6.40. The highest BCUT2D eigenvalue weighted by atomic mass is 32.2. The largest absolute Gasteiger partial charge is 0.284 e. The quantitative estimate of drug-likeness (QED) is 0.792. The maximum atomic E-state index is 11.8. The fourth-order valence-corrected chi connectivity index (χ4v) is 4.27. The number of rotatable bonds is 3. The van der Waals surface area contributed by atoms with Crippen molar-refractivity contribution in [2.75, 3.05) is 32.4 Å².